The Kier molecular flexibility index (Phi) is 5.14. The Labute approximate surface area is 129 Å². The van der Waals surface area contributed by atoms with Crippen molar-refractivity contribution in [1.29, 1.82) is 0 Å². The summed E-state index contributed by atoms with van der Waals surface area (Å²) in [5.41, 5.74) is 1.16. The minimum Gasteiger partial charge on any atom is -0.493 e. The zero-order chi connectivity index (χ0) is 15.9. The molecule has 0 saturated heterocycles. The monoisotopic (exact) mass is 299 g/mol. The van der Waals surface area contributed by atoms with Gasteiger partial charge in [0.2, 0.25) is 5.75 Å². The lowest BCUT2D eigenvalue weighted by atomic mass is 10.1. The van der Waals surface area contributed by atoms with Crippen LogP contribution in [0.1, 0.15) is 16.1 Å². The van der Waals surface area contributed by atoms with Gasteiger partial charge in [0.1, 0.15) is 0 Å². The summed E-state index contributed by atoms with van der Waals surface area (Å²) in [5, 5.41) is 0. The van der Waals surface area contributed by atoms with Crippen LogP contribution in [0.2, 0.25) is 0 Å². The van der Waals surface area contributed by atoms with Gasteiger partial charge in [0.15, 0.2) is 17.3 Å². The van der Waals surface area contributed by atoms with E-state index in [-0.39, 0.29) is 5.78 Å². The summed E-state index contributed by atoms with van der Waals surface area (Å²) in [6.07, 6.45) is 4.79. The minimum absolute atomic E-state index is 0.176. The zero-order valence-electron chi connectivity index (χ0n) is 12.7. The fourth-order valence-corrected chi connectivity index (χ4v) is 1.96. The first-order valence-electron chi connectivity index (χ1n) is 6.63. The number of nitrogens with zero attached hydrogens (tertiary/aromatic N) is 1. The molecule has 0 bridgehead atoms. The van der Waals surface area contributed by atoms with Gasteiger partial charge >= 0.3 is 0 Å². The molecule has 5 heteroatoms. The minimum atomic E-state index is -0.176. The number of methoxy groups -OCH3 is 3. The van der Waals surface area contributed by atoms with Gasteiger partial charge in [-0.05, 0) is 36.4 Å². The van der Waals surface area contributed by atoms with E-state index in [1.807, 2.05) is 18.2 Å². The smallest absolute Gasteiger partial charge is 0.203 e. The number of allylic oxidation sites excluding steroid dienone is 1. The molecule has 0 atom stereocenters. The summed E-state index contributed by atoms with van der Waals surface area (Å²) in [7, 11) is 4.54. The van der Waals surface area contributed by atoms with Gasteiger partial charge in [0.25, 0.3) is 0 Å². The maximum Gasteiger partial charge on any atom is 0.203 e. The molecule has 0 N–H and O–H groups in total. The highest BCUT2D eigenvalue weighted by Crippen LogP contribution is 2.38. The summed E-state index contributed by atoms with van der Waals surface area (Å²) in [5.74, 6) is 1.16. The van der Waals surface area contributed by atoms with Gasteiger partial charge < -0.3 is 14.2 Å². The molecule has 0 unspecified atom stereocenters. The van der Waals surface area contributed by atoms with Crippen molar-refractivity contribution < 1.29 is 19.0 Å². The predicted octanol–water partition coefficient (Wildman–Crippen LogP) is 3.00. The molecule has 1 aromatic carbocycles. The highest BCUT2D eigenvalue weighted by Gasteiger charge is 2.15. The molecule has 5 nitrogen and oxygen atoms in total. The van der Waals surface area contributed by atoms with E-state index in [2.05, 4.69) is 4.98 Å². The number of benzene rings is 1. The number of ketones is 1. The number of carbonyl (C=O) groups is 1. The van der Waals surface area contributed by atoms with Crippen molar-refractivity contribution in [2.45, 2.75) is 0 Å². The number of rotatable bonds is 6. The van der Waals surface area contributed by atoms with E-state index in [1.54, 1.807) is 24.4 Å². The molecule has 0 radical (unpaired) electrons. The lowest BCUT2D eigenvalue weighted by Crippen LogP contribution is -2.00. The second-order valence-corrected chi connectivity index (χ2v) is 4.37. The molecule has 0 spiro atoms. The Hall–Kier alpha value is -2.82. The number of aromatic nitrogens is 1. The molecule has 0 aliphatic heterocycles. The van der Waals surface area contributed by atoms with Crippen molar-refractivity contribution in [3.05, 3.63) is 53.9 Å². The Morgan fingerprint density at radius 3 is 2.23 bits per heavy atom. The first-order valence-corrected chi connectivity index (χ1v) is 6.63. The number of ether oxygens (including phenoxy) is 3. The second kappa shape index (κ2) is 7.26. The SMILES string of the molecule is COc1cc(C(=O)/C=C/c2ccccn2)cc(OC)c1OC. The first-order chi connectivity index (χ1) is 10.7. The van der Waals surface area contributed by atoms with Gasteiger partial charge in [-0.2, -0.15) is 0 Å². The van der Waals surface area contributed by atoms with E-state index in [1.165, 1.54) is 27.4 Å². The van der Waals surface area contributed by atoms with E-state index < -0.39 is 0 Å². The third-order valence-corrected chi connectivity index (χ3v) is 3.04. The van der Waals surface area contributed by atoms with Crippen molar-refractivity contribution >= 4 is 11.9 Å². The van der Waals surface area contributed by atoms with Gasteiger partial charge in [-0.1, -0.05) is 6.07 Å². The fourth-order valence-electron chi connectivity index (χ4n) is 1.96. The molecular formula is C17H17NO4. The van der Waals surface area contributed by atoms with Crippen LogP contribution in [0.15, 0.2) is 42.6 Å². The summed E-state index contributed by atoms with van der Waals surface area (Å²) in [6, 6.07) is 8.73. The highest BCUT2D eigenvalue weighted by atomic mass is 16.5. The van der Waals surface area contributed by atoms with Gasteiger partial charge in [-0.25, -0.2) is 0 Å². The second-order valence-electron chi connectivity index (χ2n) is 4.37. The van der Waals surface area contributed by atoms with Crippen LogP contribution < -0.4 is 14.2 Å². The molecule has 0 amide bonds. The van der Waals surface area contributed by atoms with E-state index in [0.717, 1.165) is 0 Å². The molecule has 114 valence electrons. The Balaban J connectivity index is 2.32. The van der Waals surface area contributed by atoms with E-state index in [4.69, 9.17) is 14.2 Å². The van der Waals surface area contributed by atoms with Crippen LogP contribution in [-0.2, 0) is 0 Å². The standard InChI is InChI=1S/C17H17NO4/c1-20-15-10-12(11-16(21-2)17(15)22-3)14(19)8-7-13-6-4-5-9-18-13/h4-11H,1-3H3/b8-7+. The van der Waals surface area contributed by atoms with E-state index >= 15 is 0 Å². The average molecular weight is 299 g/mol. The zero-order valence-corrected chi connectivity index (χ0v) is 12.7. The van der Waals surface area contributed by atoms with Crippen molar-refractivity contribution in [1.82, 2.24) is 4.98 Å². The molecule has 0 fully saturated rings. The summed E-state index contributed by atoms with van der Waals surface area (Å²) >= 11 is 0. The van der Waals surface area contributed by atoms with Crippen molar-refractivity contribution in [2.75, 3.05) is 21.3 Å². The molecule has 0 aliphatic carbocycles. The van der Waals surface area contributed by atoms with Gasteiger partial charge in [-0.15, -0.1) is 0 Å². The fraction of sp³-hybridized carbons (Fsp3) is 0.176. The van der Waals surface area contributed by atoms with Crippen LogP contribution in [0.25, 0.3) is 6.08 Å². The summed E-state index contributed by atoms with van der Waals surface area (Å²) in [6.45, 7) is 0. The Morgan fingerprint density at radius 2 is 1.73 bits per heavy atom. The number of pyridine rings is 1. The van der Waals surface area contributed by atoms with Crippen LogP contribution in [0.4, 0.5) is 0 Å². The summed E-state index contributed by atoms with van der Waals surface area (Å²) < 4.78 is 15.7. The quantitative estimate of drug-likeness (QED) is 0.606. The Bertz CT molecular complexity index is 655. The molecule has 1 aromatic heterocycles. The van der Waals surface area contributed by atoms with Crippen LogP contribution >= 0.6 is 0 Å². The molecular weight excluding hydrogens is 282 g/mol. The van der Waals surface area contributed by atoms with Crippen LogP contribution in [0.5, 0.6) is 17.2 Å². The molecule has 1 heterocycles. The van der Waals surface area contributed by atoms with Crippen molar-refractivity contribution in [3.63, 3.8) is 0 Å². The largest absolute Gasteiger partial charge is 0.493 e. The van der Waals surface area contributed by atoms with Crippen molar-refractivity contribution in [2.24, 2.45) is 0 Å². The van der Waals surface area contributed by atoms with Gasteiger partial charge in [-0.3, -0.25) is 9.78 Å². The van der Waals surface area contributed by atoms with Crippen molar-refractivity contribution in [3.8, 4) is 17.2 Å². The number of carbonyl (C=O) groups excluding carboxylic acids is 1. The molecule has 2 rings (SSSR count). The van der Waals surface area contributed by atoms with Gasteiger partial charge in [0, 0.05) is 11.8 Å². The predicted molar refractivity (Wildman–Crippen MR) is 83.7 cm³/mol. The van der Waals surface area contributed by atoms with Crippen LogP contribution in [0.3, 0.4) is 0 Å². The summed E-state index contributed by atoms with van der Waals surface area (Å²) in [4.78, 5) is 16.4. The normalized spacial score (nSPS) is 10.5. The maximum atomic E-state index is 12.3. The van der Waals surface area contributed by atoms with E-state index in [0.29, 0.717) is 28.5 Å². The lowest BCUT2D eigenvalue weighted by Gasteiger charge is -2.13. The Morgan fingerprint density at radius 1 is 1.05 bits per heavy atom. The highest BCUT2D eigenvalue weighted by molar-refractivity contribution is 6.07. The molecule has 2 aromatic rings. The third-order valence-electron chi connectivity index (χ3n) is 3.04. The first kappa shape index (κ1) is 15.6. The third kappa shape index (κ3) is 3.44. The molecule has 22 heavy (non-hydrogen) atoms. The maximum absolute atomic E-state index is 12.3. The topological polar surface area (TPSA) is 57.7 Å². The van der Waals surface area contributed by atoms with Gasteiger partial charge in [0.05, 0.1) is 27.0 Å². The number of hydrogen-bond acceptors (Lipinski definition) is 5. The average Bonchev–Trinajstić information content (AvgIpc) is 2.59. The van der Waals surface area contributed by atoms with Crippen LogP contribution in [-0.4, -0.2) is 32.1 Å². The lowest BCUT2D eigenvalue weighted by molar-refractivity contribution is 0.104. The number of hydrogen-bond donors (Lipinski definition) is 0. The molecule has 0 saturated carbocycles. The van der Waals surface area contributed by atoms with E-state index in [9.17, 15) is 4.79 Å². The van der Waals surface area contributed by atoms with Crippen LogP contribution in [0, 0.1) is 0 Å². The molecule has 0 aliphatic rings.